The lowest BCUT2D eigenvalue weighted by molar-refractivity contribution is 0.0302. The SMILES string of the molecule is C[C@@H]1CCC[C@H](C)C12CN2C(=O)OC(C)(C)C. The highest BCUT2D eigenvalue weighted by molar-refractivity contribution is 5.73. The molecule has 0 bridgehead atoms. The van der Waals surface area contributed by atoms with E-state index in [0.29, 0.717) is 11.8 Å². The molecule has 0 aromatic heterocycles. The van der Waals surface area contributed by atoms with Crippen LogP contribution in [0.4, 0.5) is 4.79 Å². The lowest BCUT2D eigenvalue weighted by Gasteiger charge is -2.35. The van der Waals surface area contributed by atoms with Gasteiger partial charge in [-0.1, -0.05) is 20.3 Å². The van der Waals surface area contributed by atoms with E-state index in [1.807, 2.05) is 25.7 Å². The highest BCUT2D eigenvalue weighted by atomic mass is 16.6. The average molecular weight is 239 g/mol. The Labute approximate surface area is 105 Å². The van der Waals surface area contributed by atoms with Crippen LogP contribution in [-0.4, -0.2) is 28.7 Å². The molecule has 2 aliphatic rings. The van der Waals surface area contributed by atoms with Crippen LogP contribution >= 0.6 is 0 Å². The van der Waals surface area contributed by atoms with E-state index in [0.717, 1.165) is 6.54 Å². The second-order valence-electron chi connectivity index (χ2n) is 6.79. The Morgan fingerprint density at radius 3 is 2.24 bits per heavy atom. The molecule has 2 rings (SSSR count). The first-order valence-electron chi connectivity index (χ1n) is 6.78. The van der Waals surface area contributed by atoms with Gasteiger partial charge in [0.2, 0.25) is 0 Å². The molecule has 3 nitrogen and oxygen atoms in total. The summed E-state index contributed by atoms with van der Waals surface area (Å²) in [5.41, 5.74) is -0.275. The molecule has 1 amide bonds. The van der Waals surface area contributed by atoms with Crippen molar-refractivity contribution in [1.29, 1.82) is 0 Å². The van der Waals surface area contributed by atoms with Crippen molar-refractivity contribution < 1.29 is 9.53 Å². The molecule has 3 atom stereocenters. The van der Waals surface area contributed by atoms with Gasteiger partial charge in [-0.2, -0.15) is 0 Å². The summed E-state index contributed by atoms with van der Waals surface area (Å²) in [7, 11) is 0. The van der Waals surface area contributed by atoms with Crippen LogP contribution in [0, 0.1) is 11.8 Å². The summed E-state index contributed by atoms with van der Waals surface area (Å²) in [4.78, 5) is 14.0. The molecule has 0 aromatic carbocycles. The molecule has 1 aliphatic heterocycles. The number of carbonyl (C=O) groups excluding carboxylic acids is 1. The smallest absolute Gasteiger partial charge is 0.410 e. The predicted molar refractivity (Wildman–Crippen MR) is 67.9 cm³/mol. The molecule has 1 saturated heterocycles. The molecule has 1 spiro atoms. The highest BCUT2D eigenvalue weighted by Crippen LogP contribution is 2.52. The van der Waals surface area contributed by atoms with Crippen LogP contribution in [0.15, 0.2) is 0 Å². The van der Waals surface area contributed by atoms with Crippen LogP contribution in [0.5, 0.6) is 0 Å². The summed E-state index contributed by atoms with van der Waals surface area (Å²) >= 11 is 0. The number of rotatable bonds is 0. The van der Waals surface area contributed by atoms with Gasteiger partial charge in [0.05, 0.1) is 5.54 Å². The van der Waals surface area contributed by atoms with Crippen molar-refractivity contribution in [2.45, 2.75) is 65.0 Å². The standard InChI is InChI=1S/C14H25NO2/c1-10-7-6-8-11(2)14(10)9-15(14)12(16)17-13(3,4)5/h10-11H,6-9H2,1-5H3/t10-,11+,14?,15?. The van der Waals surface area contributed by atoms with Crippen molar-refractivity contribution in [2.75, 3.05) is 6.54 Å². The number of hydrogen-bond donors (Lipinski definition) is 0. The van der Waals surface area contributed by atoms with Crippen LogP contribution < -0.4 is 0 Å². The van der Waals surface area contributed by atoms with E-state index in [2.05, 4.69) is 13.8 Å². The molecule has 1 heterocycles. The van der Waals surface area contributed by atoms with Crippen molar-refractivity contribution in [3.05, 3.63) is 0 Å². The summed E-state index contributed by atoms with van der Waals surface area (Å²) in [6.45, 7) is 11.2. The minimum atomic E-state index is -0.387. The Morgan fingerprint density at radius 1 is 1.24 bits per heavy atom. The fraction of sp³-hybridized carbons (Fsp3) is 0.929. The molecule has 0 aromatic rings. The van der Waals surface area contributed by atoms with Crippen molar-refractivity contribution in [1.82, 2.24) is 4.90 Å². The Kier molecular flexibility index (Phi) is 2.91. The number of hydrogen-bond acceptors (Lipinski definition) is 2. The van der Waals surface area contributed by atoms with E-state index < -0.39 is 0 Å². The summed E-state index contributed by atoms with van der Waals surface area (Å²) in [6.07, 6.45) is 3.65. The zero-order chi connectivity index (χ0) is 12.8. The lowest BCUT2D eigenvalue weighted by atomic mass is 9.73. The highest BCUT2D eigenvalue weighted by Gasteiger charge is 2.63. The van der Waals surface area contributed by atoms with Crippen molar-refractivity contribution in [3.8, 4) is 0 Å². The van der Waals surface area contributed by atoms with E-state index in [1.54, 1.807) is 0 Å². The Hall–Kier alpha value is -0.730. The molecule has 0 radical (unpaired) electrons. The summed E-state index contributed by atoms with van der Waals surface area (Å²) in [5.74, 6) is 1.22. The fourth-order valence-electron chi connectivity index (χ4n) is 3.33. The largest absolute Gasteiger partial charge is 0.444 e. The normalized spacial score (nSPS) is 37.1. The third-order valence-electron chi connectivity index (χ3n) is 4.41. The van der Waals surface area contributed by atoms with Crippen LogP contribution in [0.3, 0.4) is 0 Å². The first-order valence-corrected chi connectivity index (χ1v) is 6.78. The van der Waals surface area contributed by atoms with Crippen molar-refractivity contribution >= 4 is 6.09 Å². The maximum absolute atomic E-state index is 12.1. The predicted octanol–water partition coefficient (Wildman–Crippen LogP) is 3.43. The van der Waals surface area contributed by atoms with Crippen LogP contribution in [0.1, 0.15) is 53.9 Å². The Bertz CT molecular complexity index is 309. The quantitative estimate of drug-likeness (QED) is 0.606. The zero-order valence-electron chi connectivity index (χ0n) is 11.7. The van der Waals surface area contributed by atoms with Gasteiger partial charge in [0.25, 0.3) is 0 Å². The minimum Gasteiger partial charge on any atom is -0.444 e. The Morgan fingerprint density at radius 2 is 1.76 bits per heavy atom. The van der Waals surface area contributed by atoms with E-state index in [1.165, 1.54) is 19.3 Å². The zero-order valence-corrected chi connectivity index (χ0v) is 11.7. The van der Waals surface area contributed by atoms with Crippen molar-refractivity contribution in [2.24, 2.45) is 11.8 Å². The third-order valence-corrected chi connectivity index (χ3v) is 4.41. The van der Waals surface area contributed by atoms with Gasteiger partial charge >= 0.3 is 6.09 Å². The van der Waals surface area contributed by atoms with Gasteiger partial charge in [-0.15, -0.1) is 0 Å². The van der Waals surface area contributed by atoms with Crippen LogP contribution in [0.25, 0.3) is 0 Å². The van der Waals surface area contributed by atoms with Crippen LogP contribution in [-0.2, 0) is 4.74 Å². The number of amides is 1. The average Bonchev–Trinajstić information content (AvgIpc) is 2.88. The van der Waals surface area contributed by atoms with Gasteiger partial charge in [0.1, 0.15) is 5.60 Å². The summed E-state index contributed by atoms with van der Waals surface area (Å²) < 4.78 is 5.47. The molecule has 98 valence electrons. The number of carbonyl (C=O) groups is 1. The minimum absolute atomic E-state index is 0.112. The summed E-state index contributed by atoms with van der Waals surface area (Å²) in [5, 5.41) is 0. The maximum atomic E-state index is 12.1. The second-order valence-corrected chi connectivity index (χ2v) is 6.79. The van der Waals surface area contributed by atoms with E-state index in [-0.39, 0.29) is 17.2 Å². The lowest BCUT2D eigenvalue weighted by Crippen LogP contribution is -2.40. The van der Waals surface area contributed by atoms with Gasteiger partial charge in [-0.3, -0.25) is 4.90 Å². The number of nitrogens with zero attached hydrogens (tertiary/aromatic N) is 1. The molecule has 3 heteroatoms. The Balaban J connectivity index is 2.04. The molecular formula is C14H25NO2. The van der Waals surface area contributed by atoms with Gasteiger partial charge in [0, 0.05) is 6.54 Å². The number of ether oxygens (including phenoxy) is 1. The van der Waals surface area contributed by atoms with Gasteiger partial charge in [0.15, 0.2) is 0 Å². The van der Waals surface area contributed by atoms with Gasteiger partial charge < -0.3 is 4.74 Å². The molecule has 0 N–H and O–H groups in total. The van der Waals surface area contributed by atoms with Crippen molar-refractivity contribution in [3.63, 3.8) is 0 Å². The molecule has 2 fully saturated rings. The first-order chi connectivity index (χ1) is 7.77. The first kappa shape index (κ1) is 12.7. The maximum Gasteiger partial charge on any atom is 0.410 e. The summed E-state index contributed by atoms with van der Waals surface area (Å²) in [6, 6.07) is 0. The van der Waals surface area contributed by atoms with Gasteiger partial charge in [-0.05, 0) is 45.4 Å². The fourth-order valence-corrected chi connectivity index (χ4v) is 3.33. The molecular weight excluding hydrogens is 214 g/mol. The molecule has 1 unspecified atom stereocenters. The van der Waals surface area contributed by atoms with Crippen LogP contribution in [0.2, 0.25) is 0 Å². The molecule has 1 saturated carbocycles. The molecule has 17 heavy (non-hydrogen) atoms. The second kappa shape index (κ2) is 3.89. The monoisotopic (exact) mass is 239 g/mol. The van der Waals surface area contributed by atoms with E-state index in [9.17, 15) is 4.79 Å². The van der Waals surface area contributed by atoms with E-state index in [4.69, 9.17) is 4.74 Å². The third kappa shape index (κ3) is 2.16. The van der Waals surface area contributed by atoms with Gasteiger partial charge in [-0.25, -0.2) is 4.79 Å². The van der Waals surface area contributed by atoms with E-state index >= 15 is 0 Å². The topological polar surface area (TPSA) is 29.3 Å². The molecule has 1 aliphatic carbocycles.